The molecular formula is C21H18ClFN2O4S. The maximum absolute atomic E-state index is 12.9. The number of amides is 3. The first kappa shape index (κ1) is 21.9. The van der Waals surface area contributed by atoms with Gasteiger partial charge in [-0.1, -0.05) is 17.7 Å². The maximum atomic E-state index is 12.9. The van der Waals surface area contributed by atoms with Crippen LogP contribution in [0.5, 0.6) is 5.75 Å². The average Bonchev–Trinajstić information content (AvgIpc) is 2.96. The second-order valence-electron chi connectivity index (χ2n) is 6.68. The lowest BCUT2D eigenvalue weighted by Crippen LogP contribution is -2.34. The van der Waals surface area contributed by atoms with Crippen molar-refractivity contribution >= 4 is 52.2 Å². The fraction of sp³-hybridized carbons (Fsp3) is 0.190. The number of halogens is 2. The van der Waals surface area contributed by atoms with Crippen LogP contribution in [0.15, 0.2) is 47.4 Å². The summed E-state index contributed by atoms with van der Waals surface area (Å²) in [7, 11) is 0. The molecule has 0 aliphatic carbocycles. The lowest BCUT2D eigenvalue weighted by Gasteiger charge is -2.16. The quantitative estimate of drug-likeness (QED) is 0.633. The minimum absolute atomic E-state index is 0.219. The van der Waals surface area contributed by atoms with Gasteiger partial charge in [-0.05, 0) is 73.6 Å². The normalized spacial score (nSPS) is 15.2. The van der Waals surface area contributed by atoms with Crippen molar-refractivity contribution in [3.8, 4) is 5.75 Å². The molecule has 1 N–H and O–H groups in total. The number of hydrogen-bond donors (Lipinski definition) is 1. The zero-order valence-corrected chi connectivity index (χ0v) is 17.7. The fourth-order valence-electron chi connectivity index (χ4n) is 2.67. The summed E-state index contributed by atoms with van der Waals surface area (Å²) >= 11 is 7.10. The number of thioether (sulfide) groups is 1. The molecule has 0 unspecified atom stereocenters. The van der Waals surface area contributed by atoms with Gasteiger partial charge in [0.05, 0.1) is 9.93 Å². The second kappa shape index (κ2) is 9.32. The molecule has 0 saturated carbocycles. The van der Waals surface area contributed by atoms with Crippen molar-refractivity contribution in [1.82, 2.24) is 4.90 Å². The second-order valence-corrected chi connectivity index (χ2v) is 8.08. The Labute approximate surface area is 182 Å². The molecule has 1 saturated heterocycles. The molecule has 0 aromatic heterocycles. The third-order valence-electron chi connectivity index (χ3n) is 4.08. The van der Waals surface area contributed by atoms with E-state index in [0.29, 0.717) is 21.9 Å². The minimum Gasteiger partial charge on any atom is -0.482 e. The predicted octanol–water partition coefficient (Wildman–Crippen LogP) is 4.94. The minimum atomic E-state index is -0.427. The Balaban J connectivity index is 1.63. The summed E-state index contributed by atoms with van der Waals surface area (Å²) in [4.78, 5) is 37.8. The molecule has 0 bridgehead atoms. The van der Waals surface area contributed by atoms with Gasteiger partial charge >= 0.3 is 0 Å². The van der Waals surface area contributed by atoms with Gasteiger partial charge in [-0.25, -0.2) is 4.39 Å². The van der Waals surface area contributed by atoms with Crippen LogP contribution in [-0.2, 0) is 9.59 Å². The van der Waals surface area contributed by atoms with Gasteiger partial charge in [-0.3, -0.25) is 19.3 Å². The van der Waals surface area contributed by atoms with Crippen molar-refractivity contribution < 1.29 is 23.5 Å². The van der Waals surface area contributed by atoms with Gasteiger partial charge < -0.3 is 10.1 Å². The Morgan fingerprint density at radius 1 is 1.23 bits per heavy atom. The first-order valence-electron chi connectivity index (χ1n) is 8.99. The molecule has 1 heterocycles. The predicted molar refractivity (Wildman–Crippen MR) is 115 cm³/mol. The molecule has 0 spiro atoms. The Morgan fingerprint density at radius 2 is 1.93 bits per heavy atom. The highest BCUT2D eigenvalue weighted by Gasteiger charge is 2.36. The van der Waals surface area contributed by atoms with E-state index in [1.54, 1.807) is 38.1 Å². The molecule has 30 heavy (non-hydrogen) atoms. The van der Waals surface area contributed by atoms with Crippen molar-refractivity contribution in [2.75, 3.05) is 11.9 Å². The van der Waals surface area contributed by atoms with E-state index in [9.17, 15) is 18.8 Å². The number of carbonyl (C=O) groups is 3. The molecule has 156 valence electrons. The van der Waals surface area contributed by atoms with Crippen LogP contribution in [0.25, 0.3) is 6.08 Å². The van der Waals surface area contributed by atoms with E-state index < -0.39 is 11.7 Å². The summed E-state index contributed by atoms with van der Waals surface area (Å²) in [5.74, 6) is -0.874. The molecule has 1 fully saturated rings. The molecule has 0 atom stereocenters. The van der Waals surface area contributed by atoms with Crippen molar-refractivity contribution in [3.63, 3.8) is 0 Å². The smallest absolute Gasteiger partial charge is 0.293 e. The van der Waals surface area contributed by atoms with E-state index in [0.717, 1.165) is 11.8 Å². The summed E-state index contributed by atoms with van der Waals surface area (Å²) in [5.41, 5.74) is 1.07. The average molecular weight is 449 g/mol. The summed E-state index contributed by atoms with van der Waals surface area (Å²) in [6.07, 6.45) is 1.59. The summed E-state index contributed by atoms with van der Waals surface area (Å²) in [5, 5.41) is 2.53. The Hall–Kier alpha value is -2.84. The van der Waals surface area contributed by atoms with E-state index >= 15 is 0 Å². The van der Waals surface area contributed by atoms with E-state index in [-0.39, 0.29) is 28.8 Å². The van der Waals surface area contributed by atoms with Gasteiger partial charge in [-0.15, -0.1) is 0 Å². The highest BCUT2D eigenvalue weighted by molar-refractivity contribution is 8.18. The molecule has 1 aliphatic heterocycles. The van der Waals surface area contributed by atoms with Gasteiger partial charge in [0, 0.05) is 11.7 Å². The first-order chi connectivity index (χ1) is 14.2. The number of hydrogen-bond acceptors (Lipinski definition) is 5. The van der Waals surface area contributed by atoms with Crippen LogP contribution >= 0.6 is 23.4 Å². The number of ether oxygens (including phenoxy) is 1. The number of rotatable bonds is 6. The third-order valence-corrected chi connectivity index (χ3v) is 5.26. The maximum Gasteiger partial charge on any atom is 0.293 e. The Morgan fingerprint density at radius 3 is 2.53 bits per heavy atom. The van der Waals surface area contributed by atoms with Crippen LogP contribution in [0.3, 0.4) is 0 Å². The van der Waals surface area contributed by atoms with Crippen molar-refractivity contribution in [1.29, 1.82) is 0 Å². The number of imide groups is 1. The van der Waals surface area contributed by atoms with Crippen LogP contribution in [0.2, 0.25) is 5.02 Å². The van der Waals surface area contributed by atoms with Crippen molar-refractivity contribution in [3.05, 3.63) is 63.8 Å². The topological polar surface area (TPSA) is 75.7 Å². The van der Waals surface area contributed by atoms with Gasteiger partial charge in [0.15, 0.2) is 6.61 Å². The molecule has 1 aliphatic rings. The molecule has 6 nitrogen and oxygen atoms in total. The lowest BCUT2D eigenvalue weighted by atomic mass is 10.2. The highest BCUT2D eigenvalue weighted by Crippen LogP contribution is 2.34. The van der Waals surface area contributed by atoms with E-state index in [2.05, 4.69) is 5.32 Å². The highest BCUT2D eigenvalue weighted by atomic mass is 35.5. The van der Waals surface area contributed by atoms with Gasteiger partial charge in [0.1, 0.15) is 11.6 Å². The fourth-order valence-corrected chi connectivity index (χ4v) is 3.88. The van der Waals surface area contributed by atoms with Gasteiger partial charge in [0.25, 0.3) is 17.1 Å². The molecule has 2 aromatic carbocycles. The van der Waals surface area contributed by atoms with E-state index in [1.165, 1.54) is 29.2 Å². The largest absolute Gasteiger partial charge is 0.482 e. The molecule has 3 amide bonds. The van der Waals surface area contributed by atoms with E-state index in [4.69, 9.17) is 16.3 Å². The lowest BCUT2D eigenvalue weighted by molar-refractivity contribution is -0.123. The zero-order chi connectivity index (χ0) is 21.8. The SMILES string of the molecule is CC(C)N1C(=O)S/C(=C/c2ccc(OCC(=O)Nc3ccc(F)cc3)c(Cl)c2)C1=O. The summed E-state index contributed by atoms with van der Waals surface area (Å²) < 4.78 is 18.3. The Kier molecular flexibility index (Phi) is 6.79. The number of benzene rings is 2. The summed E-state index contributed by atoms with van der Waals surface area (Å²) in [6.45, 7) is 3.26. The van der Waals surface area contributed by atoms with Crippen LogP contribution in [0.1, 0.15) is 19.4 Å². The monoisotopic (exact) mass is 448 g/mol. The van der Waals surface area contributed by atoms with Crippen molar-refractivity contribution in [2.45, 2.75) is 19.9 Å². The molecule has 0 radical (unpaired) electrons. The van der Waals surface area contributed by atoms with E-state index in [1.807, 2.05) is 0 Å². The standard InChI is InChI=1S/C21H18ClFN2O4S/c1-12(2)25-20(27)18(30-21(25)28)10-13-3-8-17(16(22)9-13)29-11-19(26)24-15-6-4-14(23)5-7-15/h3-10,12H,11H2,1-2H3,(H,24,26)/b18-10+. The number of nitrogens with one attached hydrogen (secondary N) is 1. The number of nitrogens with zero attached hydrogens (tertiary/aromatic N) is 1. The molecule has 3 rings (SSSR count). The van der Waals surface area contributed by atoms with Crippen molar-refractivity contribution in [2.24, 2.45) is 0 Å². The Bertz CT molecular complexity index is 1020. The summed E-state index contributed by atoms with van der Waals surface area (Å²) in [6, 6.07) is 9.96. The van der Waals surface area contributed by atoms with Crippen LogP contribution < -0.4 is 10.1 Å². The molecule has 2 aromatic rings. The number of anilines is 1. The molecule has 9 heteroatoms. The third kappa shape index (κ3) is 5.20. The first-order valence-corrected chi connectivity index (χ1v) is 10.2. The zero-order valence-electron chi connectivity index (χ0n) is 16.1. The van der Waals surface area contributed by atoms with Gasteiger partial charge in [0.2, 0.25) is 0 Å². The van der Waals surface area contributed by atoms with Crippen LogP contribution in [0.4, 0.5) is 14.9 Å². The van der Waals surface area contributed by atoms with Gasteiger partial charge in [-0.2, -0.15) is 0 Å². The molecular weight excluding hydrogens is 431 g/mol. The number of carbonyl (C=O) groups excluding carboxylic acids is 3. The van der Waals surface area contributed by atoms with Crippen LogP contribution in [-0.4, -0.2) is 34.6 Å². The van der Waals surface area contributed by atoms with Crippen LogP contribution in [0, 0.1) is 5.82 Å².